The van der Waals surface area contributed by atoms with Gasteiger partial charge in [0.25, 0.3) is 0 Å². The zero-order chi connectivity index (χ0) is 15.6. The van der Waals surface area contributed by atoms with E-state index >= 15 is 0 Å². The van der Waals surface area contributed by atoms with Gasteiger partial charge in [0.15, 0.2) is 0 Å². The normalized spacial score (nSPS) is 10.4. The van der Waals surface area contributed by atoms with Gasteiger partial charge < -0.3 is 9.84 Å². The van der Waals surface area contributed by atoms with Gasteiger partial charge in [-0.2, -0.15) is 5.10 Å². The van der Waals surface area contributed by atoms with Crippen LogP contribution in [0.4, 0.5) is 0 Å². The van der Waals surface area contributed by atoms with Crippen molar-refractivity contribution in [3.8, 4) is 11.4 Å². The number of rotatable bonds is 4. The highest BCUT2D eigenvalue weighted by Gasteiger charge is 2.16. The van der Waals surface area contributed by atoms with Crippen molar-refractivity contribution in [3.05, 3.63) is 50.9 Å². The van der Waals surface area contributed by atoms with Gasteiger partial charge in [-0.1, -0.05) is 18.5 Å². The number of methoxy groups -OCH3 is 1. The number of ether oxygens (including phenoxy) is 1. The van der Waals surface area contributed by atoms with Crippen molar-refractivity contribution in [3.63, 3.8) is 0 Å². The highest BCUT2D eigenvalue weighted by Crippen LogP contribution is 2.24. The van der Waals surface area contributed by atoms with Crippen LogP contribution >= 0.6 is 11.6 Å². The number of hydrogen-bond donors (Lipinski definition) is 1. The summed E-state index contributed by atoms with van der Waals surface area (Å²) in [6.45, 7) is 1.76. The average molecular weight is 309 g/mol. The Bertz CT molecular complexity index is 755. The molecule has 1 aromatic carbocycles. The second-order valence-electron chi connectivity index (χ2n) is 4.25. The van der Waals surface area contributed by atoms with Crippen LogP contribution in [0.2, 0.25) is 5.02 Å². The summed E-state index contributed by atoms with van der Waals surface area (Å²) in [7, 11) is 1.51. The summed E-state index contributed by atoms with van der Waals surface area (Å²) in [6.07, 6.45) is 1.87. The van der Waals surface area contributed by atoms with Gasteiger partial charge in [-0.3, -0.25) is 4.79 Å². The van der Waals surface area contributed by atoms with Gasteiger partial charge in [0.1, 0.15) is 5.75 Å². The standard InChI is InChI=1S/C14H13ClN2O4/c1-3-8-7-17(16-12(13(8)18)14(19)20)11-6-9(21-2)4-5-10(11)15/h4-7H,3H2,1-2H3,(H,19,20). The van der Waals surface area contributed by atoms with Crippen LogP contribution in [0.25, 0.3) is 5.69 Å². The highest BCUT2D eigenvalue weighted by atomic mass is 35.5. The smallest absolute Gasteiger partial charge is 0.360 e. The summed E-state index contributed by atoms with van der Waals surface area (Å²) < 4.78 is 6.40. The van der Waals surface area contributed by atoms with E-state index in [9.17, 15) is 9.59 Å². The number of carboxylic acids is 1. The number of halogens is 1. The third kappa shape index (κ3) is 2.90. The SMILES string of the molecule is CCc1cn(-c2cc(OC)ccc2Cl)nc(C(=O)O)c1=O. The molecule has 110 valence electrons. The summed E-state index contributed by atoms with van der Waals surface area (Å²) in [5.41, 5.74) is -0.331. The first kappa shape index (κ1) is 15.1. The molecule has 0 bridgehead atoms. The molecule has 0 atom stereocenters. The lowest BCUT2D eigenvalue weighted by molar-refractivity contribution is 0.0686. The number of nitrogens with zero attached hydrogens (tertiary/aromatic N) is 2. The molecule has 1 aromatic heterocycles. The maximum atomic E-state index is 11.9. The molecule has 21 heavy (non-hydrogen) atoms. The zero-order valence-electron chi connectivity index (χ0n) is 11.5. The molecule has 1 heterocycles. The van der Waals surface area contributed by atoms with Gasteiger partial charge in [-0.25, -0.2) is 9.48 Å². The Morgan fingerprint density at radius 1 is 1.48 bits per heavy atom. The van der Waals surface area contributed by atoms with Crippen LogP contribution in [0.5, 0.6) is 5.75 Å². The van der Waals surface area contributed by atoms with E-state index in [-0.39, 0.29) is 0 Å². The predicted octanol–water partition coefficient (Wildman–Crippen LogP) is 2.16. The van der Waals surface area contributed by atoms with Crippen LogP contribution in [0.3, 0.4) is 0 Å². The van der Waals surface area contributed by atoms with Crippen molar-refractivity contribution in [2.45, 2.75) is 13.3 Å². The topological polar surface area (TPSA) is 81.4 Å². The van der Waals surface area contributed by atoms with E-state index in [1.165, 1.54) is 18.0 Å². The molecule has 0 saturated heterocycles. The molecule has 6 nitrogen and oxygen atoms in total. The lowest BCUT2D eigenvalue weighted by Gasteiger charge is -2.11. The van der Waals surface area contributed by atoms with E-state index in [0.29, 0.717) is 28.4 Å². The molecular formula is C14H13ClN2O4. The number of benzene rings is 1. The molecule has 0 amide bonds. The van der Waals surface area contributed by atoms with Crippen molar-refractivity contribution in [2.75, 3.05) is 7.11 Å². The van der Waals surface area contributed by atoms with Gasteiger partial charge >= 0.3 is 5.97 Å². The maximum absolute atomic E-state index is 11.9. The summed E-state index contributed by atoms with van der Waals surface area (Å²) >= 11 is 6.11. The van der Waals surface area contributed by atoms with Crippen LogP contribution in [0, 0.1) is 0 Å². The van der Waals surface area contributed by atoms with Crippen molar-refractivity contribution < 1.29 is 14.6 Å². The van der Waals surface area contributed by atoms with E-state index in [4.69, 9.17) is 21.4 Å². The first-order chi connectivity index (χ1) is 9.97. The fraction of sp³-hybridized carbons (Fsp3) is 0.214. The van der Waals surface area contributed by atoms with E-state index in [0.717, 1.165) is 0 Å². The molecule has 2 rings (SSSR count). The Kier molecular flexibility index (Phi) is 4.28. The van der Waals surface area contributed by atoms with Crippen LogP contribution in [-0.4, -0.2) is 28.0 Å². The van der Waals surface area contributed by atoms with Crippen molar-refractivity contribution in [2.24, 2.45) is 0 Å². The minimum absolute atomic E-state index is 0.348. The van der Waals surface area contributed by atoms with E-state index < -0.39 is 17.1 Å². The lowest BCUT2D eigenvalue weighted by atomic mass is 10.2. The number of aryl methyl sites for hydroxylation is 1. The summed E-state index contributed by atoms with van der Waals surface area (Å²) in [6, 6.07) is 4.90. The number of hydrogen-bond acceptors (Lipinski definition) is 4. The Hall–Kier alpha value is -2.34. The van der Waals surface area contributed by atoms with Gasteiger partial charge in [0, 0.05) is 17.8 Å². The van der Waals surface area contributed by atoms with Gasteiger partial charge in [-0.15, -0.1) is 0 Å². The van der Waals surface area contributed by atoms with Crippen LogP contribution < -0.4 is 10.2 Å². The predicted molar refractivity (Wildman–Crippen MR) is 77.7 cm³/mol. The Morgan fingerprint density at radius 2 is 2.19 bits per heavy atom. The first-order valence-corrected chi connectivity index (χ1v) is 6.55. The fourth-order valence-electron chi connectivity index (χ4n) is 1.85. The highest BCUT2D eigenvalue weighted by molar-refractivity contribution is 6.32. The number of carboxylic acid groups (broad SMARTS) is 1. The molecular weight excluding hydrogens is 296 g/mol. The molecule has 0 fully saturated rings. The maximum Gasteiger partial charge on any atom is 0.360 e. The zero-order valence-corrected chi connectivity index (χ0v) is 12.2. The van der Waals surface area contributed by atoms with Crippen LogP contribution in [-0.2, 0) is 6.42 Å². The minimum atomic E-state index is -1.37. The third-order valence-corrected chi connectivity index (χ3v) is 3.30. The molecule has 2 aromatic rings. The number of aromatic nitrogens is 2. The van der Waals surface area contributed by atoms with Crippen molar-refractivity contribution >= 4 is 17.6 Å². The molecule has 1 N–H and O–H groups in total. The number of aromatic carboxylic acids is 1. The van der Waals surface area contributed by atoms with Gasteiger partial charge in [-0.05, 0) is 18.6 Å². The largest absolute Gasteiger partial charge is 0.497 e. The Morgan fingerprint density at radius 3 is 2.76 bits per heavy atom. The molecule has 0 saturated carbocycles. The van der Waals surface area contributed by atoms with Gasteiger partial charge in [0.05, 0.1) is 17.8 Å². The molecule has 0 spiro atoms. The van der Waals surface area contributed by atoms with Crippen LogP contribution in [0.15, 0.2) is 29.2 Å². The van der Waals surface area contributed by atoms with Crippen LogP contribution in [0.1, 0.15) is 23.0 Å². The molecule has 0 aliphatic heterocycles. The summed E-state index contributed by atoms with van der Waals surface area (Å²) in [5, 5.41) is 13.3. The second-order valence-corrected chi connectivity index (χ2v) is 4.66. The fourth-order valence-corrected chi connectivity index (χ4v) is 2.05. The van der Waals surface area contributed by atoms with Crippen molar-refractivity contribution in [1.29, 1.82) is 0 Å². The molecule has 0 unspecified atom stereocenters. The van der Waals surface area contributed by atoms with E-state index in [1.54, 1.807) is 25.1 Å². The number of carbonyl (C=O) groups is 1. The molecule has 0 aliphatic carbocycles. The third-order valence-electron chi connectivity index (χ3n) is 2.98. The first-order valence-electron chi connectivity index (χ1n) is 6.18. The Balaban J connectivity index is 2.72. The van der Waals surface area contributed by atoms with Crippen molar-refractivity contribution in [1.82, 2.24) is 9.78 Å². The van der Waals surface area contributed by atoms with E-state index in [2.05, 4.69) is 5.10 Å². The molecule has 0 aliphatic rings. The lowest BCUT2D eigenvalue weighted by Crippen LogP contribution is -2.24. The molecule has 0 radical (unpaired) electrons. The average Bonchev–Trinajstić information content (AvgIpc) is 2.48. The summed E-state index contributed by atoms with van der Waals surface area (Å²) in [5.74, 6) is -0.826. The quantitative estimate of drug-likeness (QED) is 0.936. The monoisotopic (exact) mass is 308 g/mol. The van der Waals surface area contributed by atoms with Gasteiger partial charge in [0.2, 0.25) is 11.1 Å². The minimum Gasteiger partial charge on any atom is -0.497 e. The molecule has 7 heteroatoms. The Labute approximate surface area is 125 Å². The van der Waals surface area contributed by atoms with E-state index in [1.807, 2.05) is 0 Å². The second kappa shape index (κ2) is 5.97. The summed E-state index contributed by atoms with van der Waals surface area (Å²) in [4.78, 5) is 23.1.